The zero-order chi connectivity index (χ0) is 14.8. The predicted molar refractivity (Wildman–Crippen MR) is 89.6 cm³/mol. The lowest BCUT2D eigenvalue weighted by molar-refractivity contribution is 1.00. The molecule has 0 fully saturated rings. The van der Waals surface area contributed by atoms with E-state index in [0.717, 1.165) is 24.7 Å². The van der Waals surface area contributed by atoms with Gasteiger partial charge in [-0.2, -0.15) is 0 Å². The largest absolute Gasteiger partial charge is 0.357 e. The molecule has 5 nitrogen and oxygen atoms in total. The van der Waals surface area contributed by atoms with Gasteiger partial charge in [0.2, 0.25) is 5.13 Å². The minimum Gasteiger partial charge on any atom is -0.357 e. The van der Waals surface area contributed by atoms with Gasteiger partial charge in [0.25, 0.3) is 0 Å². The van der Waals surface area contributed by atoms with E-state index < -0.39 is 0 Å². The van der Waals surface area contributed by atoms with Crippen LogP contribution in [0.15, 0.2) is 28.3 Å². The van der Waals surface area contributed by atoms with Crippen molar-refractivity contribution >= 4 is 49.8 Å². The number of anilines is 1. The fourth-order valence-corrected chi connectivity index (χ4v) is 4.68. The maximum absolute atomic E-state index is 4.41. The van der Waals surface area contributed by atoms with Crippen LogP contribution in [0.1, 0.15) is 10.4 Å². The molecule has 0 saturated heterocycles. The van der Waals surface area contributed by atoms with E-state index in [1.165, 1.54) is 33.5 Å². The van der Waals surface area contributed by atoms with Crippen molar-refractivity contribution in [3.05, 3.63) is 29.4 Å². The van der Waals surface area contributed by atoms with Crippen LogP contribution in [0, 0.1) is 13.8 Å². The number of thiophene rings is 1. The lowest BCUT2D eigenvalue weighted by atomic mass is 10.2. The molecule has 0 aliphatic carbocycles. The molecule has 3 heterocycles. The number of fused-ring (bicyclic) bond motifs is 1. The van der Waals surface area contributed by atoms with E-state index in [4.69, 9.17) is 0 Å². The Morgan fingerprint density at radius 1 is 1.29 bits per heavy atom. The van der Waals surface area contributed by atoms with E-state index in [1.807, 2.05) is 0 Å². The second-order valence-electron chi connectivity index (χ2n) is 4.29. The van der Waals surface area contributed by atoms with Gasteiger partial charge in [0.15, 0.2) is 4.34 Å². The van der Waals surface area contributed by atoms with Crippen LogP contribution in [0.3, 0.4) is 0 Å². The topological polar surface area (TPSA) is 63.6 Å². The molecule has 3 rings (SSSR count). The molecule has 0 aromatic carbocycles. The van der Waals surface area contributed by atoms with Gasteiger partial charge in [0.05, 0.1) is 0 Å². The van der Waals surface area contributed by atoms with E-state index in [-0.39, 0.29) is 0 Å². The zero-order valence-electron chi connectivity index (χ0n) is 11.6. The number of hydrogen-bond donors (Lipinski definition) is 1. The molecule has 8 heteroatoms. The standard InChI is InChI=1S/C13H13N5S3/c1-4-5-14-12-17-18-13(21-12)20-11-9-7(2)8(3)19-10(9)15-6-16-11/h4,6H,1,5H2,2-3H3,(H,14,17). The molecule has 0 spiro atoms. The molecule has 108 valence electrons. The Balaban J connectivity index is 1.91. The van der Waals surface area contributed by atoms with Gasteiger partial charge < -0.3 is 5.32 Å². The van der Waals surface area contributed by atoms with Gasteiger partial charge in [0.1, 0.15) is 16.2 Å². The summed E-state index contributed by atoms with van der Waals surface area (Å²) < 4.78 is 0.866. The summed E-state index contributed by atoms with van der Waals surface area (Å²) >= 11 is 4.75. The van der Waals surface area contributed by atoms with E-state index in [9.17, 15) is 0 Å². The molecule has 1 N–H and O–H groups in total. The third-order valence-electron chi connectivity index (χ3n) is 2.92. The van der Waals surface area contributed by atoms with Gasteiger partial charge >= 0.3 is 0 Å². The van der Waals surface area contributed by atoms with Gasteiger partial charge in [-0.1, -0.05) is 17.4 Å². The molecule has 0 atom stereocenters. The number of hydrogen-bond acceptors (Lipinski definition) is 8. The van der Waals surface area contributed by atoms with Gasteiger partial charge in [-0.15, -0.1) is 28.1 Å². The first-order chi connectivity index (χ1) is 10.2. The highest BCUT2D eigenvalue weighted by Gasteiger charge is 2.14. The van der Waals surface area contributed by atoms with E-state index in [2.05, 4.69) is 45.9 Å². The highest BCUT2D eigenvalue weighted by Crippen LogP contribution is 2.38. The lowest BCUT2D eigenvalue weighted by Crippen LogP contribution is -1.96. The van der Waals surface area contributed by atoms with Gasteiger partial charge in [-0.25, -0.2) is 9.97 Å². The van der Waals surface area contributed by atoms with Crippen LogP contribution in [0.25, 0.3) is 10.2 Å². The average Bonchev–Trinajstić information content (AvgIpc) is 3.03. The van der Waals surface area contributed by atoms with Gasteiger partial charge in [0, 0.05) is 16.8 Å². The number of aryl methyl sites for hydroxylation is 2. The van der Waals surface area contributed by atoms with Crippen molar-refractivity contribution in [3.63, 3.8) is 0 Å². The van der Waals surface area contributed by atoms with Crippen molar-refractivity contribution in [3.8, 4) is 0 Å². The third kappa shape index (κ3) is 2.92. The average molecular weight is 335 g/mol. The normalized spacial score (nSPS) is 11.0. The molecular formula is C13H13N5S3. The van der Waals surface area contributed by atoms with E-state index >= 15 is 0 Å². The number of aromatic nitrogens is 4. The summed E-state index contributed by atoms with van der Waals surface area (Å²) in [6.45, 7) is 8.57. The molecule has 0 saturated carbocycles. The van der Waals surface area contributed by atoms with Crippen molar-refractivity contribution < 1.29 is 0 Å². The Labute approximate surface area is 134 Å². The maximum atomic E-state index is 4.41. The molecule has 3 aromatic heterocycles. The van der Waals surface area contributed by atoms with Crippen LogP contribution in [0.4, 0.5) is 5.13 Å². The van der Waals surface area contributed by atoms with Crippen LogP contribution in [-0.4, -0.2) is 26.7 Å². The van der Waals surface area contributed by atoms with Crippen LogP contribution in [0.2, 0.25) is 0 Å². The molecule has 21 heavy (non-hydrogen) atoms. The number of nitrogens with zero attached hydrogens (tertiary/aromatic N) is 4. The Kier molecular flexibility index (Phi) is 4.18. The first kappa shape index (κ1) is 14.4. The predicted octanol–water partition coefficient (Wildman–Crippen LogP) is 3.91. The van der Waals surface area contributed by atoms with Crippen molar-refractivity contribution in [2.24, 2.45) is 0 Å². The number of rotatable bonds is 5. The Bertz CT molecular complexity index is 792. The monoisotopic (exact) mass is 335 g/mol. The molecule has 0 aliphatic rings. The van der Waals surface area contributed by atoms with Crippen molar-refractivity contribution in [2.75, 3.05) is 11.9 Å². The summed E-state index contributed by atoms with van der Waals surface area (Å²) in [6.07, 6.45) is 3.40. The van der Waals surface area contributed by atoms with Gasteiger partial charge in [-0.05, 0) is 31.2 Å². The summed E-state index contributed by atoms with van der Waals surface area (Å²) in [7, 11) is 0. The van der Waals surface area contributed by atoms with Gasteiger partial charge in [-0.3, -0.25) is 0 Å². The minimum absolute atomic E-state index is 0.680. The molecule has 3 aromatic rings. The van der Waals surface area contributed by atoms with Crippen molar-refractivity contribution in [1.82, 2.24) is 20.2 Å². The van der Waals surface area contributed by atoms with Crippen LogP contribution in [-0.2, 0) is 0 Å². The van der Waals surface area contributed by atoms with E-state index in [1.54, 1.807) is 23.7 Å². The molecular weight excluding hydrogens is 322 g/mol. The third-order valence-corrected chi connectivity index (χ3v) is 5.97. The fourth-order valence-electron chi connectivity index (χ4n) is 1.79. The Morgan fingerprint density at radius 2 is 2.14 bits per heavy atom. The Morgan fingerprint density at radius 3 is 2.95 bits per heavy atom. The first-order valence-corrected chi connectivity index (χ1v) is 8.71. The van der Waals surface area contributed by atoms with Crippen LogP contribution in [0.5, 0.6) is 0 Å². The highest BCUT2D eigenvalue weighted by atomic mass is 32.2. The summed E-state index contributed by atoms with van der Waals surface area (Å²) in [6, 6.07) is 0. The second-order valence-corrected chi connectivity index (χ2v) is 7.70. The van der Waals surface area contributed by atoms with Crippen molar-refractivity contribution in [1.29, 1.82) is 0 Å². The lowest BCUT2D eigenvalue weighted by Gasteiger charge is -1.99. The molecule has 0 unspecified atom stereocenters. The fraction of sp³-hybridized carbons (Fsp3) is 0.231. The number of nitrogens with one attached hydrogen (secondary N) is 1. The SMILES string of the molecule is C=CCNc1nnc(Sc2ncnc3sc(C)c(C)c23)s1. The molecule has 0 aliphatic heterocycles. The van der Waals surface area contributed by atoms with Crippen LogP contribution < -0.4 is 5.32 Å². The molecule has 0 bridgehead atoms. The van der Waals surface area contributed by atoms with E-state index in [0.29, 0.717) is 6.54 Å². The first-order valence-electron chi connectivity index (χ1n) is 6.26. The highest BCUT2D eigenvalue weighted by molar-refractivity contribution is 8.01. The molecule has 0 radical (unpaired) electrons. The maximum Gasteiger partial charge on any atom is 0.206 e. The quantitative estimate of drug-likeness (QED) is 0.563. The minimum atomic E-state index is 0.680. The summed E-state index contributed by atoms with van der Waals surface area (Å²) in [5, 5.41) is 14.3. The summed E-state index contributed by atoms with van der Waals surface area (Å²) in [4.78, 5) is 11.1. The smallest absolute Gasteiger partial charge is 0.206 e. The second kappa shape index (κ2) is 6.08. The molecule has 0 amide bonds. The summed E-state index contributed by atoms with van der Waals surface area (Å²) in [5.41, 5.74) is 1.24. The van der Waals surface area contributed by atoms with Crippen LogP contribution >= 0.6 is 34.4 Å². The summed E-state index contributed by atoms with van der Waals surface area (Å²) in [5.74, 6) is 0. The zero-order valence-corrected chi connectivity index (χ0v) is 14.0. The van der Waals surface area contributed by atoms with Crippen molar-refractivity contribution in [2.45, 2.75) is 23.2 Å². The Hall–Kier alpha value is -1.51.